The number of hydrogen-bond acceptors (Lipinski definition) is 4. The van der Waals surface area contributed by atoms with Crippen molar-refractivity contribution in [2.45, 2.75) is 13.3 Å². The first kappa shape index (κ1) is 13.5. The minimum Gasteiger partial charge on any atom is -0.508 e. The SMILES string of the molecule is CC(=O)SCCC=Cc1ccc(O)cc1C=O. The Morgan fingerprint density at radius 1 is 1.41 bits per heavy atom. The molecule has 1 rings (SSSR count). The van der Waals surface area contributed by atoms with E-state index in [0.29, 0.717) is 11.8 Å². The van der Waals surface area contributed by atoms with Gasteiger partial charge in [0.25, 0.3) is 0 Å². The number of carbonyl (C=O) groups excluding carboxylic acids is 2. The molecule has 0 aliphatic heterocycles. The van der Waals surface area contributed by atoms with Gasteiger partial charge < -0.3 is 5.11 Å². The predicted molar refractivity (Wildman–Crippen MR) is 70.3 cm³/mol. The standard InChI is InChI=1S/C13H14O3S/c1-10(15)17-7-3-2-4-11-5-6-13(16)8-12(11)9-14/h2,4-6,8-9,16H,3,7H2,1H3. The van der Waals surface area contributed by atoms with E-state index in [-0.39, 0.29) is 10.9 Å². The number of rotatable bonds is 5. The lowest BCUT2D eigenvalue weighted by atomic mass is 10.1. The summed E-state index contributed by atoms with van der Waals surface area (Å²) in [5, 5.41) is 9.32. The van der Waals surface area contributed by atoms with E-state index in [2.05, 4.69) is 0 Å². The topological polar surface area (TPSA) is 54.4 Å². The highest BCUT2D eigenvalue weighted by Gasteiger charge is 1.99. The molecular weight excluding hydrogens is 236 g/mol. The average Bonchev–Trinajstić information content (AvgIpc) is 2.29. The number of benzene rings is 1. The molecule has 0 heterocycles. The molecule has 90 valence electrons. The molecule has 0 radical (unpaired) electrons. The van der Waals surface area contributed by atoms with Gasteiger partial charge in [0, 0.05) is 18.2 Å². The molecule has 17 heavy (non-hydrogen) atoms. The number of aromatic hydroxyl groups is 1. The van der Waals surface area contributed by atoms with Crippen LogP contribution in [0.4, 0.5) is 0 Å². The Kier molecular flexibility index (Phi) is 5.49. The third-order valence-electron chi connectivity index (χ3n) is 2.08. The van der Waals surface area contributed by atoms with Crippen molar-refractivity contribution in [3.8, 4) is 5.75 Å². The fourth-order valence-corrected chi connectivity index (χ4v) is 1.84. The lowest BCUT2D eigenvalue weighted by molar-refractivity contribution is -0.109. The minimum absolute atomic E-state index is 0.0800. The van der Waals surface area contributed by atoms with Crippen molar-refractivity contribution < 1.29 is 14.7 Å². The fraction of sp³-hybridized carbons (Fsp3) is 0.231. The molecule has 0 spiro atoms. The monoisotopic (exact) mass is 250 g/mol. The van der Waals surface area contributed by atoms with Crippen LogP contribution in [0.1, 0.15) is 29.3 Å². The van der Waals surface area contributed by atoms with E-state index >= 15 is 0 Å². The molecule has 0 aliphatic carbocycles. The average molecular weight is 250 g/mol. The zero-order valence-corrected chi connectivity index (χ0v) is 10.4. The molecule has 0 fully saturated rings. The van der Waals surface area contributed by atoms with Crippen LogP contribution in [0.5, 0.6) is 5.75 Å². The normalized spacial score (nSPS) is 10.6. The fourth-order valence-electron chi connectivity index (χ4n) is 1.30. The highest BCUT2D eigenvalue weighted by molar-refractivity contribution is 8.13. The molecule has 0 saturated heterocycles. The first-order chi connectivity index (χ1) is 8.13. The van der Waals surface area contributed by atoms with Gasteiger partial charge in [0.15, 0.2) is 11.4 Å². The van der Waals surface area contributed by atoms with Gasteiger partial charge in [-0.3, -0.25) is 9.59 Å². The van der Waals surface area contributed by atoms with Crippen LogP contribution in [0.15, 0.2) is 24.3 Å². The molecule has 1 aromatic rings. The molecule has 0 amide bonds. The van der Waals surface area contributed by atoms with E-state index in [1.165, 1.54) is 23.9 Å². The Morgan fingerprint density at radius 2 is 2.18 bits per heavy atom. The van der Waals surface area contributed by atoms with E-state index in [1.54, 1.807) is 13.0 Å². The van der Waals surface area contributed by atoms with E-state index in [1.807, 2.05) is 12.2 Å². The second-order valence-corrected chi connectivity index (χ2v) is 4.73. The van der Waals surface area contributed by atoms with Crippen molar-refractivity contribution in [2.75, 3.05) is 5.75 Å². The third-order valence-corrected chi connectivity index (χ3v) is 2.93. The van der Waals surface area contributed by atoms with Gasteiger partial charge >= 0.3 is 0 Å². The summed E-state index contributed by atoms with van der Waals surface area (Å²) in [6, 6.07) is 4.65. The van der Waals surface area contributed by atoms with Crippen LogP contribution >= 0.6 is 11.8 Å². The lowest BCUT2D eigenvalue weighted by Crippen LogP contribution is -1.86. The first-order valence-corrected chi connectivity index (χ1v) is 6.20. The van der Waals surface area contributed by atoms with Crippen molar-refractivity contribution in [1.29, 1.82) is 0 Å². The summed E-state index contributed by atoms with van der Waals surface area (Å²) >= 11 is 1.28. The van der Waals surface area contributed by atoms with Crippen molar-refractivity contribution >= 4 is 29.2 Å². The molecule has 0 bridgehead atoms. The number of thioether (sulfide) groups is 1. The third kappa shape index (κ3) is 4.87. The molecule has 0 aliphatic rings. The molecule has 0 saturated carbocycles. The smallest absolute Gasteiger partial charge is 0.185 e. The van der Waals surface area contributed by atoms with Crippen LogP contribution in [-0.4, -0.2) is 22.3 Å². The maximum absolute atomic E-state index is 10.8. The summed E-state index contributed by atoms with van der Waals surface area (Å²) in [6.07, 6.45) is 5.21. The van der Waals surface area contributed by atoms with Gasteiger partial charge in [-0.2, -0.15) is 0 Å². The van der Waals surface area contributed by atoms with Crippen molar-refractivity contribution in [2.24, 2.45) is 0 Å². The van der Waals surface area contributed by atoms with Gasteiger partial charge in [-0.15, -0.1) is 0 Å². The van der Waals surface area contributed by atoms with Crippen LogP contribution < -0.4 is 0 Å². The molecule has 0 atom stereocenters. The van der Waals surface area contributed by atoms with Gasteiger partial charge in [-0.1, -0.05) is 30.0 Å². The van der Waals surface area contributed by atoms with E-state index in [4.69, 9.17) is 0 Å². The molecule has 1 aromatic carbocycles. The summed E-state index contributed by atoms with van der Waals surface area (Å²) in [7, 11) is 0. The quantitative estimate of drug-likeness (QED) is 0.645. The predicted octanol–water partition coefficient (Wildman–Crippen LogP) is 2.89. The first-order valence-electron chi connectivity index (χ1n) is 5.21. The number of hydrogen-bond donors (Lipinski definition) is 1. The van der Waals surface area contributed by atoms with Crippen LogP contribution in [0.2, 0.25) is 0 Å². The zero-order chi connectivity index (χ0) is 12.7. The van der Waals surface area contributed by atoms with Crippen molar-refractivity contribution in [1.82, 2.24) is 0 Å². The lowest BCUT2D eigenvalue weighted by Gasteiger charge is -1.99. The molecular formula is C13H14O3S. The summed E-state index contributed by atoms with van der Waals surface area (Å²) in [6.45, 7) is 1.54. The number of phenols is 1. The Morgan fingerprint density at radius 3 is 2.82 bits per heavy atom. The maximum Gasteiger partial charge on any atom is 0.185 e. The largest absolute Gasteiger partial charge is 0.508 e. The zero-order valence-electron chi connectivity index (χ0n) is 9.55. The highest BCUT2D eigenvalue weighted by Crippen LogP contribution is 2.16. The molecule has 0 aromatic heterocycles. The summed E-state index contributed by atoms with van der Waals surface area (Å²) in [5.41, 5.74) is 1.23. The summed E-state index contributed by atoms with van der Waals surface area (Å²) in [4.78, 5) is 21.4. The second kappa shape index (κ2) is 6.91. The summed E-state index contributed by atoms with van der Waals surface area (Å²) < 4.78 is 0. The number of allylic oxidation sites excluding steroid dienone is 1. The molecule has 1 N–H and O–H groups in total. The molecule has 4 heteroatoms. The molecule has 3 nitrogen and oxygen atoms in total. The Labute approximate surface area is 105 Å². The van der Waals surface area contributed by atoms with Gasteiger partial charge in [-0.05, 0) is 24.1 Å². The van der Waals surface area contributed by atoms with Gasteiger partial charge in [0.1, 0.15) is 5.75 Å². The van der Waals surface area contributed by atoms with Crippen LogP contribution in [0.3, 0.4) is 0 Å². The number of phenolic OH excluding ortho intramolecular Hbond substituents is 1. The summed E-state index contributed by atoms with van der Waals surface area (Å²) in [5.74, 6) is 0.816. The van der Waals surface area contributed by atoms with E-state index < -0.39 is 0 Å². The van der Waals surface area contributed by atoms with E-state index in [9.17, 15) is 14.7 Å². The highest BCUT2D eigenvalue weighted by atomic mass is 32.2. The maximum atomic E-state index is 10.8. The van der Waals surface area contributed by atoms with Crippen molar-refractivity contribution in [3.05, 3.63) is 35.4 Å². The Bertz CT molecular complexity index is 438. The van der Waals surface area contributed by atoms with Crippen LogP contribution in [0.25, 0.3) is 6.08 Å². The number of carbonyl (C=O) groups is 2. The van der Waals surface area contributed by atoms with Crippen LogP contribution in [0, 0.1) is 0 Å². The van der Waals surface area contributed by atoms with E-state index in [0.717, 1.165) is 17.7 Å². The number of aldehydes is 1. The Balaban J connectivity index is 2.58. The van der Waals surface area contributed by atoms with Gasteiger partial charge in [-0.25, -0.2) is 0 Å². The molecule has 0 unspecified atom stereocenters. The Hall–Kier alpha value is -1.55. The van der Waals surface area contributed by atoms with Crippen LogP contribution in [-0.2, 0) is 4.79 Å². The van der Waals surface area contributed by atoms with Crippen molar-refractivity contribution in [3.63, 3.8) is 0 Å². The second-order valence-electron chi connectivity index (χ2n) is 3.46. The van der Waals surface area contributed by atoms with Gasteiger partial charge in [0.05, 0.1) is 0 Å². The van der Waals surface area contributed by atoms with Gasteiger partial charge in [0.2, 0.25) is 0 Å². The minimum atomic E-state index is 0.0800.